The van der Waals surface area contributed by atoms with E-state index in [1.165, 1.54) is 17.2 Å². The Kier molecular flexibility index (Phi) is 4.90. The molecule has 0 aliphatic rings. The first-order valence-electron chi connectivity index (χ1n) is 6.04. The SMILES string of the molecule is CCSc1ccc(C(NN)c2cncc(F)c2)cc1. The predicted octanol–water partition coefficient (Wildman–Crippen LogP) is 2.89. The molecular formula is C14H16FN3S. The molecule has 0 amide bonds. The van der Waals surface area contributed by atoms with Gasteiger partial charge in [0.15, 0.2) is 0 Å². The van der Waals surface area contributed by atoms with E-state index < -0.39 is 0 Å². The topological polar surface area (TPSA) is 50.9 Å². The monoisotopic (exact) mass is 277 g/mol. The molecule has 0 aliphatic heterocycles. The molecule has 3 N–H and O–H groups in total. The second-order valence-corrected chi connectivity index (χ2v) is 5.38. The summed E-state index contributed by atoms with van der Waals surface area (Å²) in [4.78, 5) is 5.06. The fraction of sp³-hybridized carbons (Fsp3) is 0.214. The van der Waals surface area contributed by atoms with Crippen LogP contribution in [0.1, 0.15) is 24.1 Å². The number of hydrogen-bond donors (Lipinski definition) is 2. The molecule has 100 valence electrons. The van der Waals surface area contributed by atoms with Gasteiger partial charge in [0.05, 0.1) is 12.2 Å². The minimum atomic E-state index is -0.365. The Bertz CT molecular complexity index is 530. The van der Waals surface area contributed by atoms with Crippen molar-refractivity contribution in [1.29, 1.82) is 0 Å². The van der Waals surface area contributed by atoms with Crippen LogP contribution in [0.25, 0.3) is 0 Å². The minimum Gasteiger partial charge on any atom is -0.271 e. The number of pyridine rings is 1. The lowest BCUT2D eigenvalue weighted by atomic mass is 10.0. The Balaban J connectivity index is 2.26. The van der Waals surface area contributed by atoms with E-state index in [1.807, 2.05) is 24.3 Å². The Hall–Kier alpha value is -1.43. The van der Waals surface area contributed by atoms with Crippen LogP contribution in [-0.4, -0.2) is 10.7 Å². The number of thioether (sulfide) groups is 1. The molecule has 1 unspecified atom stereocenters. The van der Waals surface area contributed by atoms with Crippen LogP contribution in [-0.2, 0) is 0 Å². The van der Waals surface area contributed by atoms with E-state index in [0.717, 1.165) is 11.3 Å². The maximum atomic E-state index is 13.2. The molecule has 2 aromatic rings. The van der Waals surface area contributed by atoms with Crippen molar-refractivity contribution < 1.29 is 4.39 Å². The van der Waals surface area contributed by atoms with Gasteiger partial charge >= 0.3 is 0 Å². The van der Waals surface area contributed by atoms with Gasteiger partial charge in [-0.05, 0) is 35.1 Å². The molecule has 0 bridgehead atoms. The highest BCUT2D eigenvalue weighted by Crippen LogP contribution is 2.24. The van der Waals surface area contributed by atoms with Gasteiger partial charge in [-0.25, -0.2) is 9.82 Å². The molecule has 19 heavy (non-hydrogen) atoms. The first-order chi connectivity index (χ1) is 9.24. The van der Waals surface area contributed by atoms with Crippen molar-refractivity contribution in [3.8, 4) is 0 Å². The van der Waals surface area contributed by atoms with Crippen molar-refractivity contribution in [1.82, 2.24) is 10.4 Å². The minimum absolute atomic E-state index is 0.260. The fourth-order valence-corrected chi connectivity index (χ4v) is 2.56. The zero-order valence-corrected chi connectivity index (χ0v) is 11.5. The van der Waals surface area contributed by atoms with Gasteiger partial charge < -0.3 is 0 Å². The number of rotatable bonds is 5. The summed E-state index contributed by atoms with van der Waals surface area (Å²) in [5.74, 6) is 6.25. The first-order valence-corrected chi connectivity index (χ1v) is 7.02. The zero-order valence-electron chi connectivity index (χ0n) is 10.6. The lowest BCUT2D eigenvalue weighted by Crippen LogP contribution is -2.29. The van der Waals surface area contributed by atoms with E-state index in [2.05, 4.69) is 17.3 Å². The van der Waals surface area contributed by atoms with Crippen LogP contribution in [0, 0.1) is 5.82 Å². The van der Waals surface area contributed by atoms with Gasteiger partial charge in [-0.2, -0.15) is 0 Å². The number of benzene rings is 1. The summed E-state index contributed by atoms with van der Waals surface area (Å²) in [6.07, 6.45) is 2.79. The second-order valence-electron chi connectivity index (χ2n) is 4.04. The first kappa shape index (κ1) is 14.0. The van der Waals surface area contributed by atoms with Crippen LogP contribution in [0.5, 0.6) is 0 Å². The van der Waals surface area contributed by atoms with E-state index >= 15 is 0 Å². The second kappa shape index (κ2) is 6.65. The quantitative estimate of drug-likeness (QED) is 0.501. The van der Waals surface area contributed by atoms with E-state index in [0.29, 0.717) is 5.56 Å². The highest BCUT2D eigenvalue weighted by Gasteiger charge is 2.13. The summed E-state index contributed by atoms with van der Waals surface area (Å²) in [7, 11) is 0. The molecule has 1 heterocycles. The maximum Gasteiger partial charge on any atom is 0.141 e. The Labute approximate surface area is 116 Å². The van der Waals surface area contributed by atoms with Crippen LogP contribution in [0.2, 0.25) is 0 Å². The molecule has 0 radical (unpaired) electrons. The lowest BCUT2D eigenvalue weighted by molar-refractivity contribution is 0.597. The summed E-state index contributed by atoms with van der Waals surface area (Å²) in [6.45, 7) is 2.11. The number of nitrogens with zero attached hydrogens (tertiary/aromatic N) is 1. The zero-order chi connectivity index (χ0) is 13.7. The van der Waals surface area contributed by atoms with Gasteiger partial charge in [0.1, 0.15) is 5.82 Å². The van der Waals surface area contributed by atoms with Crippen molar-refractivity contribution >= 4 is 11.8 Å². The van der Waals surface area contributed by atoms with Crippen LogP contribution in [0.15, 0.2) is 47.6 Å². The molecule has 5 heteroatoms. The van der Waals surface area contributed by atoms with Crippen molar-refractivity contribution in [3.05, 3.63) is 59.7 Å². The van der Waals surface area contributed by atoms with Crippen molar-refractivity contribution in [2.45, 2.75) is 17.9 Å². The fourth-order valence-electron chi connectivity index (χ4n) is 1.89. The molecule has 1 aromatic heterocycles. The highest BCUT2D eigenvalue weighted by molar-refractivity contribution is 7.99. The number of nitrogens with two attached hydrogens (primary N) is 1. The lowest BCUT2D eigenvalue weighted by Gasteiger charge is -2.16. The van der Waals surface area contributed by atoms with E-state index in [9.17, 15) is 4.39 Å². The number of nitrogens with one attached hydrogen (secondary N) is 1. The van der Waals surface area contributed by atoms with E-state index in [4.69, 9.17) is 5.84 Å². The standard InChI is InChI=1S/C14H16FN3S/c1-2-19-13-5-3-10(4-6-13)14(18-16)11-7-12(15)9-17-8-11/h3-9,14,18H,2,16H2,1H3. The Morgan fingerprint density at radius 2 is 2.00 bits per heavy atom. The number of halogens is 1. The molecule has 0 fully saturated rings. The highest BCUT2D eigenvalue weighted by atomic mass is 32.2. The molecule has 0 saturated heterocycles. The Morgan fingerprint density at radius 3 is 2.58 bits per heavy atom. The van der Waals surface area contributed by atoms with Gasteiger partial charge in [-0.1, -0.05) is 19.1 Å². The van der Waals surface area contributed by atoms with Gasteiger partial charge in [-0.3, -0.25) is 10.8 Å². The van der Waals surface area contributed by atoms with Gasteiger partial charge in [0.25, 0.3) is 0 Å². The van der Waals surface area contributed by atoms with Crippen LogP contribution in [0.4, 0.5) is 4.39 Å². The summed E-state index contributed by atoms with van der Waals surface area (Å²) in [6, 6.07) is 9.25. The molecule has 0 saturated carbocycles. The van der Waals surface area contributed by atoms with Crippen molar-refractivity contribution in [2.75, 3.05) is 5.75 Å². The van der Waals surface area contributed by atoms with Gasteiger partial charge in [0, 0.05) is 11.1 Å². The summed E-state index contributed by atoms with van der Waals surface area (Å²) >= 11 is 1.78. The van der Waals surface area contributed by atoms with Crippen LogP contribution in [0.3, 0.4) is 0 Å². The molecule has 3 nitrogen and oxygen atoms in total. The van der Waals surface area contributed by atoms with Crippen LogP contribution < -0.4 is 11.3 Å². The van der Waals surface area contributed by atoms with Crippen molar-refractivity contribution in [3.63, 3.8) is 0 Å². The summed E-state index contributed by atoms with van der Waals surface area (Å²) in [5.41, 5.74) is 4.39. The smallest absolute Gasteiger partial charge is 0.141 e. The largest absolute Gasteiger partial charge is 0.271 e. The van der Waals surface area contributed by atoms with Gasteiger partial charge in [0.2, 0.25) is 0 Å². The number of aromatic nitrogens is 1. The van der Waals surface area contributed by atoms with E-state index in [-0.39, 0.29) is 11.9 Å². The third-order valence-electron chi connectivity index (χ3n) is 2.75. The van der Waals surface area contributed by atoms with Gasteiger partial charge in [-0.15, -0.1) is 11.8 Å². The third-order valence-corrected chi connectivity index (χ3v) is 3.64. The molecular weight excluding hydrogens is 261 g/mol. The maximum absolute atomic E-state index is 13.2. The van der Waals surface area contributed by atoms with Crippen LogP contribution >= 0.6 is 11.8 Å². The molecule has 1 atom stereocenters. The van der Waals surface area contributed by atoms with E-state index in [1.54, 1.807) is 18.0 Å². The predicted molar refractivity (Wildman–Crippen MR) is 76.2 cm³/mol. The summed E-state index contributed by atoms with van der Waals surface area (Å²) < 4.78 is 13.2. The number of hydrogen-bond acceptors (Lipinski definition) is 4. The normalized spacial score (nSPS) is 12.4. The number of hydrazine groups is 1. The Morgan fingerprint density at radius 1 is 1.26 bits per heavy atom. The molecule has 1 aromatic carbocycles. The average Bonchev–Trinajstić information content (AvgIpc) is 2.42. The molecule has 2 rings (SSSR count). The summed E-state index contributed by atoms with van der Waals surface area (Å²) in [5, 5.41) is 0. The molecule has 0 spiro atoms. The molecule has 0 aliphatic carbocycles. The average molecular weight is 277 g/mol. The third kappa shape index (κ3) is 3.53. The van der Waals surface area contributed by atoms with Crippen molar-refractivity contribution in [2.24, 2.45) is 5.84 Å².